The van der Waals surface area contributed by atoms with Crippen LogP contribution in [0, 0.1) is 0 Å². The summed E-state index contributed by atoms with van der Waals surface area (Å²) in [7, 11) is 3.36. The molecule has 0 unspecified atom stereocenters. The summed E-state index contributed by atoms with van der Waals surface area (Å²) >= 11 is 0. The zero-order valence-corrected chi connectivity index (χ0v) is 12.0. The molecule has 1 aromatic carbocycles. The Balaban J connectivity index is 0.00000133. The number of fused-ring (bicyclic) bond motifs is 3. The molecule has 2 aromatic rings. The fraction of sp³-hybridized carbons (Fsp3) is 0.400. The lowest BCUT2D eigenvalue weighted by atomic mass is 10.0. The number of benzene rings is 1. The average molecular weight is 280 g/mol. The van der Waals surface area contributed by atoms with E-state index in [0.717, 1.165) is 24.5 Å². The molecule has 0 N–H and O–H groups in total. The van der Waals surface area contributed by atoms with E-state index in [1.165, 1.54) is 29.3 Å². The third kappa shape index (κ3) is 2.35. The summed E-state index contributed by atoms with van der Waals surface area (Å²) in [6.45, 7) is 1.12. The molecule has 0 bridgehead atoms. The normalized spacial score (nSPS) is 13.6. The molecule has 0 aliphatic carbocycles. The van der Waals surface area contributed by atoms with E-state index in [4.69, 9.17) is 9.47 Å². The van der Waals surface area contributed by atoms with Crippen LogP contribution in [0.25, 0.3) is 10.8 Å². The van der Waals surface area contributed by atoms with Crippen molar-refractivity contribution in [1.82, 2.24) is 0 Å². The SMILES string of the molecule is COc1cc2cc[n+]3c(c2cc1OC)CCCC3.[Cl-]. The minimum atomic E-state index is 0. The maximum absolute atomic E-state index is 5.40. The van der Waals surface area contributed by atoms with Crippen molar-refractivity contribution in [3.63, 3.8) is 0 Å². The van der Waals surface area contributed by atoms with E-state index >= 15 is 0 Å². The van der Waals surface area contributed by atoms with Gasteiger partial charge in [-0.25, -0.2) is 4.57 Å². The summed E-state index contributed by atoms with van der Waals surface area (Å²) in [4.78, 5) is 0. The van der Waals surface area contributed by atoms with E-state index in [1.54, 1.807) is 14.2 Å². The van der Waals surface area contributed by atoms with Gasteiger partial charge in [0.15, 0.2) is 23.4 Å². The molecule has 0 fully saturated rings. The highest BCUT2D eigenvalue weighted by molar-refractivity contribution is 5.87. The number of aryl methyl sites for hydroxylation is 2. The number of methoxy groups -OCH3 is 2. The number of halogens is 1. The zero-order valence-electron chi connectivity index (χ0n) is 11.3. The summed E-state index contributed by atoms with van der Waals surface area (Å²) in [5, 5.41) is 2.51. The van der Waals surface area contributed by atoms with Crippen LogP contribution in [0.15, 0.2) is 24.4 Å². The summed E-state index contributed by atoms with van der Waals surface area (Å²) in [6, 6.07) is 6.32. The Bertz CT molecular complexity index is 598. The molecule has 1 aliphatic rings. The number of pyridine rings is 1. The minimum Gasteiger partial charge on any atom is -1.00 e. The van der Waals surface area contributed by atoms with Gasteiger partial charge in [-0.1, -0.05) is 0 Å². The van der Waals surface area contributed by atoms with Gasteiger partial charge in [0.2, 0.25) is 0 Å². The zero-order chi connectivity index (χ0) is 12.5. The number of aromatic nitrogens is 1. The largest absolute Gasteiger partial charge is 1.00 e. The number of rotatable bonds is 2. The second-order valence-corrected chi connectivity index (χ2v) is 4.71. The Hall–Kier alpha value is -1.48. The predicted molar refractivity (Wildman–Crippen MR) is 70.2 cm³/mol. The van der Waals surface area contributed by atoms with Gasteiger partial charge in [-0.15, -0.1) is 0 Å². The molecule has 0 spiro atoms. The van der Waals surface area contributed by atoms with Crippen LogP contribution >= 0.6 is 0 Å². The topological polar surface area (TPSA) is 22.3 Å². The van der Waals surface area contributed by atoms with E-state index in [9.17, 15) is 0 Å². The molecule has 3 rings (SSSR count). The van der Waals surface area contributed by atoms with Gasteiger partial charge in [-0.05, 0) is 23.9 Å². The second-order valence-electron chi connectivity index (χ2n) is 4.71. The first-order valence-electron chi connectivity index (χ1n) is 6.40. The van der Waals surface area contributed by atoms with Gasteiger partial charge < -0.3 is 21.9 Å². The molecule has 0 radical (unpaired) electrons. The Morgan fingerprint density at radius 1 is 1.05 bits per heavy atom. The molecule has 0 saturated heterocycles. The van der Waals surface area contributed by atoms with E-state index in [-0.39, 0.29) is 12.4 Å². The van der Waals surface area contributed by atoms with Crippen LogP contribution in [-0.2, 0) is 13.0 Å². The maximum atomic E-state index is 5.40. The van der Waals surface area contributed by atoms with Crippen LogP contribution in [-0.4, -0.2) is 14.2 Å². The third-order valence-corrected chi connectivity index (χ3v) is 3.71. The summed E-state index contributed by atoms with van der Waals surface area (Å²) in [6.07, 6.45) is 5.87. The Morgan fingerprint density at radius 2 is 1.79 bits per heavy atom. The molecular weight excluding hydrogens is 262 g/mol. The quantitative estimate of drug-likeness (QED) is 0.691. The monoisotopic (exact) mass is 279 g/mol. The molecule has 0 saturated carbocycles. The second kappa shape index (κ2) is 5.66. The molecule has 19 heavy (non-hydrogen) atoms. The minimum absolute atomic E-state index is 0. The maximum Gasteiger partial charge on any atom is 0.189 e. The van der Waals surface area contributed by atoms with Crippen LogP contribution in [0.2, 0.25) is 0 Å². The molecule has 0 atom stereocenters. The van der Waals surface area contributed by atoms with Crippen molar-refractivity contribution in [3.05, 3.63) is 30.1 Å². The number of hydrogen-bond acceptors (Lipinski definition) is 2. The first kappa shape index (κ1) is 13.9. The predicted octanol–water partition coefficient (Wildman–Crippen LogP) is -0.515. The number of nitrogens with zero attached hydrogens (tertiary/aromatic N) is 1. The molecule has 1 aromatic heterocycles. The summed E-state index contributed by atoms with van der Waals surface area (Å²) in [5.41, 5.74) is 1.42. The van der Waals surface area contributed by atoms with Gasteiger partial charge in [-0.3, -0.25) is 0 Å². The van der Waals surface area contributed by atoms with Crippen LogP contribution in [0.3, 0.4) is 0 Å². The first-order chi connectivity index (χ1) is 8.83. The van der Waals surface area contributed by atoms with Gasteiger partial charge in [-0.2, -0.15) is 0 Å². The Kier molecular flexibility index (Phi) is 4.15. The smallest absolute Gasteiger partial charge is 0.189 e. The van der Waals surface area contributed by atoms with Crippen molar-refractivity contribution in [3.8, 4) is 11.5 Å². The summed E-state index contributed by atoms with van der Waals surface area (Å²) < 4.78 is 13.1. The molecule has 1 aliphatic heterocycles. The van der Waals surface area contributed by atoms with Gasteiger partial charge in [0, 0.05) is 18.9 Å². The van der Waals surface area contributed by atoms with E-state index < -0.39 is 0 Å². The van der Waals surface area contributed by atoms with E-state index in [1.807, 2.05) is 0 Å². The van der Waals surface area contributed by atoms with Gasteiger partial charge >= 0.3 is 0 Å². The highest BCUT2D eigenvalue weighted by Gasteiger charge is 2.20. The van der Waals surface area contributed by atoms with Gasteiger partial charge in [0.1, 0.15) is 6.54 Å². The van der Waals surface area contributed by atoms with Crippen molar-refractivity contribution in [2.75, 3.05) is 14.2 Å². The van der Waals surface area contributed by atoms with Crippen LogP contribution in [0.1, 0.15) is 18.5 Å². The Morgan fingerprint density at radius 3 is 2.53 bits per heavy atom. The van der Waals surface area contributed by atoms with Crippen LogP contribution < -0.4 is 26.4 Å². The van der Waals surface area contributed by atoms with Gasteiger partial charge in [0.05, 0.1) is 19.6 Å². The first-order valence-corrected chi connectivity index (χ1v) is 6.40. The molecular formula is C15H18ClNO2. The van der Waals surface area contributed by atoms with Gasteiger partial charge in [0.25, 0.3) is 0 Å². The lowest BCUT2D eigenvalue weighted by molar-refractivity contribution is -0.707. The van der Waals surface area contributed by atoms with Crippen LogP contribution in [0.5, 0.6) is 11.5 Å². The van der Waals surface area contributed by atoms with Crippen molar-refractivity contribution < 1.29 is 26.4 Å². The fourth-order valence-electron chi connectivity index (χ4n) is 2.76. The molecule has 3 nitrogen and oxygen atoms in total. The third-order valence-electron chi connectivity index (χ3n) is 3.71. The van der Waals surface area contributed by atoms with E-state index in [2.05, 4.69) is 29.0 Å². The number of hydrogen-bond donors (Lipinski definition) is 0. The number of ether oxygens (including phenoxy) is 2. The fourth-order valence-corrected chi connectivity index (χ4v) is 2.76. The Labute approximate surface area is 119 Å². The molecule has 0 amide bonds. The standard InChI is InChI=1S/C15H18NO2.ClH/c1-17-14-9-11-6-8-16-7-4-3-5-13(16)12(11)10-15(14)18-2;/h6,8-10H,3-5,7H2,1-2H3;1H/q+1;/p-1. The van der Waals surface area contributed by atoms with Crippen molar-refractivity contribution in [2.24, 2.45) is 0 Å². The van der Waals surface area contributed by atoms with Crippen molar-refractivity contribution in [2.45, 2.75) is 25.8 Å². The van der Waals surface area contributed by atoms with Crippen molar-refractivity contribution >= 4 is 10.8 Å². The van der Waals surface area contributed by atoms with Crippen LogP contribution in [0.4, 0.5) is 0 Å². The highest BCUT2D eigenvalue weighted by Crippen LogP contribution is 2.33. The lowest BCUT2D eigenvalue weighted by Crippen LogP contribution is -3.00. The van der Waals surface area contributed by atoms with E-state index in [0.29, 0.717) is 0 Å². The average Bonchev–Trinajstić information content (AvgIpc) is 2.45. The summed E-state index contributed by atoms with van der Waals surface area (Å²) in [5.74, 6) is 1.61. The molecule has 4 heteroatoms. The van der Waals surface area contributed by atoms with Crippen molar-refractivity contribution in [1.29, 1.82) is 0 Å². The highest BCUT2D eigenvalue weighted by atomic mass is 35.5. The molecule has 2 heterocycles. The molecule has 102 valence electrons. The lowest BCUT2D eigenvalue weighted by Gasteiger charge is -2.14.